The molecular formula is C15H18N2. The third-order valence-electron chi connectivity index (χ3n) is 2.87. The van der Waals surface area contributed by atoms with Crippen molar-refractivity contribution in [3.8, 4) is 0 Å². The molecule has 0 radical (unpaired) electrons. The highest BCUT2D eigenvalue weighted by Crippen LogP contribution is 2.07. The topological polar surface area (TPSA) is 38.9 Å². The molecule has 0 fully saturated rings. The van der Waals surface area contributed by atoms with Gasteiger partial charge >= 0.3 is 0 Å². The first-order valence-electron chi connectivity index (χ1n) is 6.03. The molecule has 0 spiro atoms. The number of aromatic nitrogens is 1. The van der Waals surface area contributed by atoms with Crippen LogP contribution in [0.5, 0.6) is 0 Å². The van der Waals surface area contributed by atoms with Crippen LogP contribution < -0.4 is 5.73 Å². The molecule has 1 heterocycles. The summed E-state index contributed by atoms with van der Waals surface area (Å²) in [6.07, 6.45) is 6.66. The first kappa shape index (κ1) is 11.8. The zero-order chi connectivity index (χ0) is 11.9. The normalized spacial score (nSPS) is 12.3. The van der Waals surface area contributed by atoms with Gasteiger partial charge in [0, 0.05) is 18.4 Å². The molecule has 2 rings (SSSR count). The van der Waals surface area contributed by atoms with E-state index in [0.29, 0.717) is 0 Å². The summed E-state index contributed by atoms with van der Waals surface area (Å²) in [4.78, 5) is 4.11. The van der Waals surface area contributed by atoms with Crippen molar-refractivity contribution < 1.29 is 0 Å². The monoisotopic (exact) mass is 226 g/mol. The van der Waals surface area contributed by atoms with Crippen molar-refractivity contribution in [2.24, 2.45) is 5.73 Å². The molecule has 0 aliphatic carbocycles. The van der Waals surface area contributed by atoms with Crippen LogP contribution >= 0.6 is 0 Å². The first-order valence-corrected chi connectivity index (χ1v) is 6.03. The van der Waals surface area contributed by atoms with E-state index in [4.69, 9.17) is 5.73 Å². The molecule has 88 valence electrons. The second kappa shape index (κ2) is 6.16. The summed E-state index contributed by atoms with van der Waals surface area (Å²) in [6.45, 7) is 0. The summed E-state index contributed by atoms with van der Waals surface area (Å²) in [5, 5.41) is 0. The van der Waals surface area contributed by atoms with Crippen molar-refractivity contribution in [3.63, 3.8) is 0 Å². The average molecular weight is 226 g/mol. The lowest BCUT2D eigenvalue weighted by Crippen LogP contribution is -2.23. The van der Waals surface area contributed by atoms with Gasteiger partial charge in [0.2, 0.25) is 0 Å². The zero-order valence-electron chi connectivity index (χ0n) is 9.92. The Morgan fingerprint density at radius 1 is 1.00 bits per heavy atom. The summed E-state index contributed by atoms with van der Waals surface area (Å²) in [7, 11) is 0. The smallest absolute Gasteiger partial charge is 0.0299 e. The molecule has 2 aromatic rings. The van der Waals surface area contributed by atoms with E-state index >= 15 is 0 Å². The maximum absolute atomic E-state index is 6.13. The maximum atomic E-state index is 6.13. The Bertz CT molecular complexity index is 425. The minimum atomic E-state index is 0.220. The number of hydrogen-bond donors (Lipinski definition) is 1. The van der Waals surface area contributed by atoms with Gasteiger partial charge in [0.25, 0.3) is 0 Å². The van der Waals surface area contributed by atoms with Crippen LogP contribution in [-0.4, -0.2) is 11.0 Å². The Labute approximate surface area is 103 Å². The number of nitrogens with two attached hydrogens (primary N) is 1. The second-order valence-corrected chi connectivity index (χ2v) is 4.35. The fourth-order valence-electron chi connectivity index (χ4n) is 1.92. The molecule has 2 heteroatoms. The van der Waals surface area contributed by atoms with Gasteiger partial charge in [-0.1, -0.05) is 36.4 Å². The van der Waals surface area contributed by atoms with E-state index in [1.807, 2.05) is 18.3 Å². The van der Waals surface area contributed by atoms with Gasteiger partial charge in [-0.3, -0.25) is 4.98 Å². The summed E-state index contributed by atoms with van der Waals surface area (Å²) in [6, 6.07) is 14.7. The van der Waals surface area contributed by atoms with Gasteiger partial charge in [0.05, 0.1) is 0 Å². The van der Waals surface area contributed by atoms with Crippen LogP contribution in [0.1, 0.15) is 17.5 Å². The van der Waals surface area contributed by atoms with E-state index in [-0.39, 0.29) is 6.04 Å². The van der Waals surface area contributed by atoms with Crippen molar-refractivity contribution in [3.05, 3.63) is 66.0 Å². The fraction of sp³-hybridized carbons (Fsp3) is 0.267. The molecule has 0 aliphatic heterocycles. The second-order valence-electron chi connectivity index (χ2n) is 4.35. The number of aryl methyl sites for hydroxylation is 1. The Morgan fingerprint density at radius 3 is 2.47 bits per heavy atom. The predicted molar refractivity (Wildman–Crippen MR) is 70.7 cm³/mol. The molecule has 1 aromatic heterocycles. The summed E-state index contributed by atoms with van der Waals surface area (Å²) in [5.74, 6) is 0. The quantitative estimate of drug-likeness (QED) is 0.851. The van der Waals surface area contributed by atoms with E-state index in [2.05, 4.69) is 35.3 Å². The molecule has 0 saturated heterocycles. The van der Waals surface area contributed by atoms with Crippen LogP contribution in [0, 0.1) is 0 Å². The van der Waals surface area contributed by atoms with E-state index in [1.54, 1.807) is 6.20 Å². The van der Waals surface area contributed by atoms with Gasteiger partial charge < -0.3 is 5.73 Å². The molecule has 2 nitrogen and oxygen atoms in total. The molecule has 1 atom stereocenters. The standard InChI is InChI=1S/C15H18N2/c16-15(11-13-5-2-1-3-6-13)9-8-14-7-4-10-17-12-14/h1-7,10,12,15H,8-9,11,16H2. The van der Waals surface area contributed by atoms with Crippen LogP contribution in [0.4, 0.5) is 0 Å². The number of rotatable bonds is 5. The van der Waals surface area contributed by atoms with Crippen LogP contribution in [0.3, 0.4) is 0 Å². The molecule has 1 unspecified atom stereocenters. The van der Waals surface area contributed by atoms with Crippen LogP contribution in [-0.2, 0) is 12.8 Å². The molecule has 0 amide bonds. The van der Waals surface area contributed by atoms with Gasteiger partial charge in [0.15, 0.2) is 0 Å². The number of pyridine rings is 1. The third-order valence-corrected chi connectivity index (χ3v) is 2.87. The van der Waals surface area contributed by atoms with E-state index in [1.165, 1.54) is 11.1 Å². The van der Waals surface area contributed by atoms with E-state index in [9.17, 15) is 0 Å². The highest BCUT2D eigenvalue weighted by molar-refractivity contribution is 5.16. The minimum absolute atomic E-state index is 0.220. The average Bonchev–Trinajstić information content (AvgIpc) is 2.39. The van der Waals surface area contributed by atoms with Crippen LogP contribution in [0.25, 0.3) is 0 Å². The molecule has 1 aromatic carbocycles. The maximum Gasteiger partial charge on any atom is 0.0299 e. The van der Waals surface area contributed by atoms with Gasteiger partial charge in [-0.15, -0.1) is 0 Å². The van der Waals surface area contributed by atoms with E-state index in [0.717, 1.165) is 19.3 Å². The molecule has 0 bridgehead atoms. The Hall–Kier alpha value is -1.67. The molecule has 0 aliphatic rings. The van der Waals surface area contributed by atoms with Gasteiger partial charge in [0.1, 0.15) is 0 Å². The number of hydrogen-bond acceptors (Lipinski definition) is 2. The lowest BCUT2D eigenvalue weighted by molar-refractivity contribution is 0.610. The minimum Gasteiger partial charge on any atom is -0.327 e. The number of nitrogens with zero attached hydrogens (tertiary/aromatic N) is 1. The fourth-order valence-corrected chi connectivity index (χ4v) is 1.92. The van der Waals surface area contributed by atoms with Crippen LogP contribution in [0.2, 0.25) is 0 Å². The SMILES string of the molecule is NC(CCc1cccnc1)Cc1ccccc1. The summed E-state index contributed by atoms with van der Waals surface area (Å²) < 4.78 is 0. The predicted octanol–water partition coefficient (Wildman–Crippen LogP) is 2.58. The summed E-state index contributed by atoms with van der Waals surface area (Å²) >= 11 is 0. The Balaban J connectivity index is 1.80. The van der Waals surface area contributed by atoms with Gasteiger partial charge in [-0.05, 0) is 36.5 Å². The zero-order valence-corrected chi connectivity index (χ0v) is 9.92. The van der Waals surface area contributed by atoms with Crippen molar-refractivity contribution in [1.82, 2.24) is 4.98 Å². The lowest BCUT2D eigenvalue weighted by Gasteiger charge is -2.11. The van der Waals surface area contributed by atoms with E-state index < -0.39 is 0 Å². The van der Waals surface area contributed by atoms with Gasteiger partial charge in [-0.25, -0.2) is 0 Å². The van der Waals surface area contributed by atoms with Crippen molar-refractivity contribution in [2.45, 2.75) is 25.3 Å². The molecule has 17 heavy (non-hydrogen) atoms. The third kappa shape index (κ3) is 4.00. The Kier molecular flexibility index (Phi) is 4.28. The first-order chi connectivity index (χ1) is 8.34. The van der Waals surface area contributed by atoms with Gasteiger partial charge in [-0.2, -0.15) is 0 Å². The highest BCUT2D eigenvalue weighted by atomic mass is 14.6. The van der Waals surface area contributed by atoms with Crippen LogP contribution in [0.15, 0.2) is 54.9 Å². The lowest BCUT2D eigenvalue weighted by atomic mass is 10.0. The van der Waals surface area contributed by atoms with Crippen molar-refractivity contribution in [2.75, 3.05) is 0 Å². The largest absolute Gasteiger partial charge is 0.327 e. The number of benzene rings is 1. The molecular weight excluding hydrogens is 208 g/mol. The van der Waals surface area contributed by atoms with Crippen molar-refractivity contribution >= 4 is 0 Å². The summed E-state index contributed by atoms with van der Waals surface area (Å²) in [5.41, 5.74) is 8.70. The Morgan fingerprint density at radius 2 is 1.76 bits per heavy atom. The molecule has 0 saturated carbocycles. The highest BCUT2D eigenvalue weighted by Gasteiger charge is 2.04. The van der Waals surface area contributed by atoms with Crippen molar-refractivity contribution in [1.29, 1.82) is 0 Å². The molecule has 2 N–H and O–H groups in total.